The molecule has 0 aromatic rings. The Morgan fingerprint density at radius 1 is 0.870 bits per heavy atom. The standard InChI is InChI=1S/C17H34O5S/c1-16(2)12-10-8-6-4-3-5-7-9-11-13-17(18)14-15-23(20,21)22-19/h16,19H,3-15H2,1-2H3. The van der Waals surface area contributed by atoms with Gasteiger partial charge in [0.1, 0.15) is 5.78 Å². The van der Waals surface area contributed by atoms with Gasteiger partial charge in [0.2, 0.25) is 0 Å². The molecule has 1 N–H and O–H groups in total. The molecule has 0 rings (SSSR count). The van der Waals surface area contributed by atoms with Gasteiger partial charge in [-0.15, -0.1) is 4.33 Å². The van der Waals surface area contributed by atoms with Crippen LogP contribution in [0.3, 0.4) is 0 Å². The topological polar surface area (TPSA) is 80.7 Å². The highest BCUT2D eigenvalue weighted by molar-refractivity contribution is 7.86. The van der Waals surface area contributed by atoms with Gasteiger partial charge in [-0.05, 0) is 12.3 Å². The van der Waals surface area contributed by atoms with Crippen LogP contribution in [0.15, 0.2) is 0 Å². The molecule has 0 unspecified atom stereocenters. The summed E-state index contributed by atoms with van der Waals surface area (Å²) >= 11 is 0. The first kappa shape index (κ1) is 22.5. The fourth-order valence-electron chi connectivity index (χ4n) is 2.51. The van der Waals surface area contributed by atoms with Gasteiger partial charge in [0.05, 0.1) is 5.75 Å². The Morgan fingerprint density at radius 2 is 1.35 bits per heavy atom. The fourth-order valence-corrected chi connectivity index (χ4v) is 3.07. The van der Waals surface area contributed by atoms with E-state index in [9.17, 15) is 13.2 Å². The van der Waals surface area contributed by atoms with Crippen LogP contribution >= 0.6 is 0 Å². The second-order valence-corrected chi connectivity index (χ2v) is 8.41. The maximum atomic E-state index is 11.5. The maximum Gasteiger partial charge on any atom is 0.293 e. The van der Waals surface area contributed by atoms with Gasteiger partial charge >= 0.3 is 0 Å². The van der Waals surface area contributed by atoms with E-state index in [1.807, 2.05) is 0 Å². The molecule has 0 aliphatic carbocycles. The van der Waals surface area contributed by atoms with Crippen molar-refractivity contribution in [3.05, 3.63) is 0 Å². The van der Waals surface area contributed by atoms with Gasteiger partial charge in [-0.3, -0.25) is 4.79 Å². The summed E-state index contributed by atoms with van der Waals surface area (Å²) < 4.78 is 25.0. The number of carbonyl (C=O) groups is 1. The quantitative estimate of drug-likeness (QED) is 0.248. The van der Waals surface area contributed by atoms with Gasteiger partial charge in [0, 0.05) is 12.8 Å². The third-order valence-electron chi connectivity index (χ3n) is 3.98. The summed E-state index contributed by atoms with van der Waals surface area (Å²) in [6, 6.07) is 0. The fraction of sp³-hybridized carbons (Fsp3) is 0.941. The highest BCUT2D eigenvalue weighted by Crippen LogP contribution is 2.13. The normalized spacial score (nSPS) is 12.0. The van der Waals surface area contributed by atoms with Gasteiger partial charge in [0.25, 0.3) is 10.1 Å². The van der Waals surface area contributed by atoms with Gasteiger partial charge in [-0.2, -0.15) is 8.42 Å². The molecule has 0 bridgehead atoms. The Bertz CT molecular complexity index is 390. The van der Waals surface area contributed by atoms with Crippen molar-refractivity contribution in [3.8, 4) is 0 Å². The maximum absolute atomic E-state index is 11.5. The minimum absolute atomic E-state index is 0.0841. The molecule has 0 heterocycles. The van der Waals surface area contributed by atoms with Crippen molar-refractivity contribution in [2.45, 2.75) is 90.9 Å². The number of rotatable bonds is 16. The zero-order valence-corrected chi connectivity index (χ0v) is 15.6. The van der Waals surface area contributed by atoms with E-state index < -0.39 is 15.9 Å². The summed E-state index contributed by atoms with van der Waals surface area (Å²) in [5.41, 5.74) is 0. The van der Waals surface area contributed by atoms with Crippen LogP contribution in [0.2, 0.25) is 0 Å². The van der Waals surface area contributed by atoms with Gasteiger partial charge in [-0.1, -0.05) is 71.6 Å². The summed E-state index contributed by atoms with van der Waals surface area (Å²) in [5.74, 6) is 0.281. The average Bonchev–Trinajstić information content (AvgIpc) is 2.50. The predicted molar refractivity (Wildman–Crippen MR) is 92.7 cm³/mol. The molecule has 0 saturated carbocycles. The van der Waals surface area contributed by atoms with E-state index in [1.54, 1.807) is 0 Å². The third kappa shape index (κ3) is 16.2. The summed E-state index contributed by atoms with van der Waals surface area (Å²) in [7, 11) is -3.94. The van der Waals surface area contributed by atoms with E-state index in [0.717, 1.165) is 25.2 Å². The SMILES string of the molecule is CC(C)CCCCCCCCCCCC(=O)CCS(=O)(=O)OO. The largest absolute Gasteiger partial charge is 0.300 e. The Hall–Kier alpha value is -0.460. The molecule has 0 aliphatic heterocycles. The zero-order valence-electron chi connectivity index (χ0n) is 14.8. The van der Waals surface area contributed by atoms with E-state index in [1.165, 1.54) is 44.9 Å². The van der Waals surface area contributed by atoms with Gasteiger partial charge < -0.3 is 0 Å². The molecule has 0 radical (unpaired) electrons. The first-order valence-electron chi connectivity index (χ1n) is 8.95. The molecule has 138 valence electrons. The number of hydrogen-bond donors (Lipinski definition) is 1. The van der Waals surface area contributed by atoms with Crippen molar-refractivity contribution >= 4 is 15.9 Å². The molecule has 0 aromatic carbocycles. The Balaban J connectivity index is 3.31. The molecule has 5 nitrogen and oxygen atoms in total. The molecule has 0 aliphatic rings. The number of ketones is 1. The Kier molecular flexibility index (Phi) is 13.7. The predicted octanol–water partition coefficient (Wildman–Crippen LogP) is 4.71. The number of carbonyl (C=O) groups excluding carboxylic acids is 1. The van der Waals surface area contributed by atoms with Crippen molar-refractivity contribution in [1.82, 2.24) is 0 Å². The lowest BCUT2D eigenvalue weighted by atomic mass is 10.0. The Morgan fingerprint density at radius 3 is 1.83 bits per heavy atom. The lowest BCUT2D eigenvalue weighted by Gasteiger charge is -2.04. The van der Waals surface area contributed by atoms with Crippen molar-refractivity contribution in [3.63, 3.8) is 0 Å². The molecule has 0 spiro atoms. The van der Waals surface area contributed by atoms with Crippen LogP contribution in [0.4, 0.5) is 0 Å². The molecule has 0 amide bonds. The van der Waals surface area contributed by atoms with Crippen LogP contribution in [0.25, 0.3) is 0 Å². The molecular weight excluding hydrogens is 316 g/mol. The molecule has 0 atom stereocenters. The van der Waals surface area contributed by atoms with Crippen LogP contribution in [-0.4, -0.2) is 25.2 Å². The van der Waals surface area contributed by atoms with E-state index >= 15 is 0 Å². The van der Waals surface area contributed by atoms with E-state index in [-0.39, 0.29) is 12.2 Å². The van der Waals surface area contributed by atoms with Gasteiger partial charge in [0.15, 0.2) is 0 Å². The average molecular weight is 351 g/mol. The number of Topliss-reactive ketones (excluding diaryl/α,β-unsaturated/α-hetero) is 1. The smallest absolute Gasteiger partial charge is 0.293 e. The molecule has 6 heteroatoms. The zero-order chi connectivity index (χ0) is 17.6. The number of unbranched alkanes of at least 4 members (excludes halogenated alkanes) is 8. The summed E-state index contributed by atoms with van der Waals surface area (Å²) in [4.78, 5) is 11.5. The van der Waals surface area contributed by atoms with Crippen LogP contribution in [0.5, 0.6) is 0 Å². The minimum atomic E-state index is -3.94. The van der Waals surface area contributed by atoms with Crippen molar-refractivity contribution in [2.75, 3.05) is 5.75 Å². The summed E-state index contributed by atoms with van der Waals surface area (Å²) in [6.07, 6.45) is 12.4. The molecular formula is C17H34O5S. The molecule has 0 aromatic heterocycles. The molecule has 0 fully saturated rings. The van der Waals surface area contributed by atoms with Crippen molar-refractivity contribution in [1.29, 1.82) is 0 Å². The molecule has 23 heavy (non-hydrogen) atoms. The van der Waals surface area contributed by atoms with E-state index in [2.05, 4.69) is 18.2 Å². The van der Waals surface area contributed by atoms with Crippen LogP contribution in [0, 0.1) is 5.92 Å². The highest BCUT2D eigenvalue weighted by atomic mass is 32.2. The summed E-state index contributed by atoms with van der Waals surface area (Å²) in [6.45, 7) is 4.54. The second kappa shape index (κ2) is 13.9. The first-order valence-corrected chi connectivity index (χ1v) is 10.5. The van der Waals surface area contributed by atoms with Crippen LogP contribution < -0.4 is 0 Å². The van der Waals surface area contributed by atoms with Crippen molar-refractivity contribution < 1.29 is 22.8 Å². The van der Waals surface area contributed by atoms with Crippen molar-refractivity contribution in [2.24, 2.45) is 5.92 Å². The highest BCUT2D eigenvalue weighted by Gasteiger charge is 2.13. The third-order valence-corrected chi connectivity index (χ3v) is 4.91. The van der Waals surface area contributed by atoms with Gasteiger partial charge in [-0.25, -0.2) is 5.26 Å². The Labute approximate surface area is 141 Å². The van der Waals surface area contributed by atoms with Crippen LogP contribution in [0.1, 0.15) is 90.9 Å². The monoisotopic (exact) mass is 350 g/mol. The molecule has 0 saturated heterocycles. The summed E-state index contributed by atoms with van der Waals surface area (Å²) in [5, 5.41) is 8.10. The lowest BCUT2D eigenvalue weighted by molar-refractivity contribution is -0.131. The lowest BCUT2D eigenvalue weighted by Crippen LogP contribution is -2.12. The van der Waals surface area contributed by atoms with Crippen LogP contribution in [-0.2, 0) is 19.2 Å². The van der Waals surface area contributed by atoms with E-state index in [0.29, 0.717) is 6.42 Å². The number of hydrogen-bond acceptors (Lipinski definition) is 5. The second-order valence-electron chi connectivity index (χ2n) is 6.74. The van der Waals surface area contributed by atoms with E-state index in [4.69, 9.17) is 5.26 Å². The minimum Gasteiger partial charge on any atom is -0.300 e. The first-order chi connectivity index (χ1) is 10.9.